The van der Waals surface area contributed by atoms with Crippen LogP contribution in [0.4, 0.5) is 24.5 Å². The van der Waals surface area contributed by atoms with Gasteiger partial charge < -0.3 is 10.2 Å². The van der Waals surface area contributed by atoms with Crippen LogP contribution in [-0.4, -0.2) is 32.3 Å². The highest BCUT2D eigenvalue weighted by atomic mass is 32.2. The minimum absolute atomic E-state index is 0.0786. The fourth-order valence-corrected chi connectivity index (χ4v) is 4.99. The van der Waals surface area contributed by atoms with Crippen molar-refractivity contribution in [2.75, 3.05) is 23.3 Å². The molecule has 1 saturated carbocycles. The van der Waals surface area contributed by atoms with Crippen molar-refractivity contribution < 1.29 is 21.6 Å². The number of anilines is 2. The van der Waals surface area contributed by atoms with Gasteiger partial charge >= 0.3 is 6.18 Å². The predicted octanol–water partition coefficient (Wildman–Crippen LogP) is 5.12. The molecule has 1 aliphatic heterocycles. The number of sulfonamides is 1. The van der Waals surface area contributed by atoms with Crippen LogP contribution >= 0.6 is 0 Å². The summed E-state index contributed by atoms with van der Waals surface area (Å²) in [5.41, 5.74) is -0.00223. The quantitative estimate of drug-likeness (QED) is 0.620. The number of hydrogen-bond acceptors (Lipinski definition) is 4. The molecule has 0 spiro atoms. The van der Waals surface area contributed by atoms with Gasteiger partial charge in [-0.25, -0.2) is 13.1 Å². The van der Waals surface area contributed by atoms with E-state index in [9.17, 15) is 21.6 Å². The zero-order chi connectivity index (χ0) is 22.9. The second kappa shape index (κ2) is 9.02. The normalized spacial score (nSPS) is 22.7. The summed E-state index contributed by atoms with van der Waals surface area (Å²) < 4.78 is 67.4. The van der Waals surface area contributed by atoms with Crippen LogP contribution < -0.4 is 14.9 Å². The Bertz CT molecular complexity index is 900. The van der Waals surface area contributed by atoms with E-state index in [-0.39, 0.29) is 11.7 Å². The molecule has 0 unspecified atom stereocenters. The van der Waals surface area contributed by atoms with Gasteiger partial charge in [0.2, 0.25) is 10.0 Å². The van der Waals surface area contributed by atoms with Crippen molar-refractivity contribution in [1.82, 2.24) is 4.72 Å². The number of rotatable bonds is 6. The van der Waals surface area contributed by atoms with Gasteiger partial charge in [-0.3, -0.25) is 0 Å². The molecule has 0 amide bonds. The van der Waals surface area contributed by atoms with E-state index in [0.29, 0.717) is 24.7 Å². The molecule has 1 fully saturated rings. The SMILES string of the molecule is CC(C)(C)S(=O)(=O)NC1CCC(CNc2ccc(N3C=CCC3)c(C(F)(F)F)c2)CC1. The van der Waals surface area contributed by atoms with Gasteiger partial charge in [-0.1, -0.05) is 6.08 Å². The molecule has 1 heterocycles. The first kappa shape index (κ1) is 23.9. The van der Waals surface area contributed by atoms with Crippen molar-refractivity contribution in [2.24, 2.45) is 5.92 Å². The van der Waals surface area contributed by atoms with Gasteiger partial charge in [0.15, 0.2) is 0 Å². The Balaban J connectivity index is 1.57. The number of benzene rings is 1. The third-order valence-electron chi connectivity index (χ3n) is 6.00. The Morgan fingerprint density at radius 3 is 2.32 bits per heavy atom. The van der Waals surface area contributed by atoms with Crippen LogP contribution in [0.5, 0.6) is 0 Å². The minimum Gasteiger partial charge on any atom is -0.385 e. The molecule has 5 nitrogen and oxygen atoms in total. The molecule has 0 bridgehead atoms. The predicted molar refractivity (Wildman–Crippen MR) is 119 cm³/mol. The van der Waals surface area contributed by atoms with E-state index in [1.807, 2.05) is 6.08 Å². The number of nitrogens with zero attached hydrogens (tertiary/aromatic N) is 1. The average molecular weight is 460 g/mol. The summed E-state index contributed by atoms with van der Waals surface area (Å²) in [7, 11) is -3.38. The first-order chi connectivity index (χ1) is 14.4. The molecule has 0 atom stereocenters. The molecule has 2 aliphatic rings. The fraction of sp³-hybridized carbons (Fsp3) is 0.636. The van der Waals surface area contributed by atoms with Crippen molar-refractivity contribution in [2.45, 2.75) is 69.8 Å². The van der Waals surface area contributed by atoms with Gasteiger partial charge in [0.05, 0.1) is 16.0 Å². The monoisotopic (exact) mass is 459 g/mol. The lowest BCUT2D eigenvalue weighted by Gasteiger charge is -2.31. The Morgan fingerprint density at radius 2 is 1.77 bits per heavy atom. The highest BCUT2D eigenvalue weighted by Gasteiger charge is 2.36. The molecule has 31 heavy (non-hydrogen) atoms. The van der Waals surface area contributed by atoms with Crippen molar-refractivity contribution >= 4 is 21.4 Å². The topological polar surface area (TPSA) is 61.4 Å². The van der Waals surface area contributed by atoms with E-state index < -0.39 is 26.5 Å². The molecule has 9 heteroatoms. The summed E-state index contributed by atoms with van der Waals surface area (Å²) in [5.74, 6) is 0.297. The first-order valence-electron chi connectivity index (χ1n) is 10.8. The maximum atomic E-state index is 13.6. The van der Waals surface area contributed by atoms with E-state index in [4.69, 9.17) is 0 Å². The average Bonchev–Trinajstić information content (AvgIpc) is 3.20. The second-order valence-corrected chi connectivity index (χ2v) is 11.9. The van der Waals surface area contributed by atoms with Crippen LogP contribution in [0.25, 0.3) is 0 Å². The third kappa shape index (κ3) is 5.94. The molecule has 1 aromatic rings. The number of halogens is 3. The molecule has 2 N–H and O–H groups in total. The molecule has 1 aromatic carbocycles. The zero-order valence-electron chi connectivity index (χ0n) is 18.3. The summed E-state index contributed by atoms with van der Waals surface area (Å²) in [4.78, 5) is 1.63. The molecule has 3 rings (SSSR count). The van der Waals surface area contributed by atoms with Crippen molar-refractivity contribution in [1.29, 1.82) is 0 Å². The maximum Gasteiger partial charge on any atom is 0.418 e. The van der Waals surface area contributed by atoms with Crippen molar-refractivity contribution in [3.8, 4) is 0 Å². The molecular weight excluding hydrogens is 427 g/mol. The Kier molecular flexibility index (Phi) is 6.96. The Morgan fingerprint density at radius 1 is 1.10 bits per heavy atom. The van der Waals surface area contributed by atoms with Gasteiger partial charge in [0.1, 0.15) is 0 Å². The summed E-state index contributed by atoms with van der Waals surface area (Å²) in [6.45, 7) is 6.14. The molecule has 0 saturated heterocycles. The largest absolute Gasteiger partial charge is 0.418 e. The summed E-state index contributed by atoms with van der Waals surface area (Å²) >= 11 is 0. The lowest BCUT2D eigenvalue weighted by molar-refractivity contribution is -0.137. The van der Waals surface area contributed by atoms with Crippen molar-refractivity contribution in [3.05, 3.63) is 36.0 Å². The van der Waals surface area contributed by atoms with Gasteiger partial charge in [-0.15, -0.1) is 0 Å². The van der Waals surface area contributed by atoms with E-state index >= 15 is 0 Å². The molecule has 1 aliphatic carbocycles. The van der Waals surface area contributed by atoms with Crippen LogP contribution in [0.1, 0.15) is 58.4 Å². The van der Waals surface area contributed by atoms with Crippen LogP contribution in [0, 0.1) is 5.92 Å². The van der Waals surface area contributed by atoms with Gasteiger partial charge in [0.25, 0.3) is 0 Å². The summed E-state index contributed by atoms with van der Waals surface area (Å²) in [5, 5.41) is 3.16. The van der Waals surface area contributed by atoms with E-state index in [0.717, 1.165) is 32.1 Å². The summed E-state index contributed by atoms with van der Waals surface area (Å²) in [6, 6.07) is 4.33. The minimum atomic E-state index is -4.42. The van der Waals surface area contributed by atoms with Gasteiger partial charge in [-0.05, 0) is 77.0 Å². The van der Waals surface area contributed by atoms with Crippen LogP contribution in [0.2, 0.25) is 0 Å². The molecule has 0 aromatic heterocycles. The van der Waals surface area contributed by atoms with E-state index in [1.165, 1.54) is 12.1 Å². The lowest BCUT2D eigenvalue weighted by Crippen LogP contribution is -2.46. The maximum absolute atomic E-state index is 13.6. The Hall–Kier alpha value is -1.74. The number of hydrogen-bond donors (Lipinski definition) is 2. The fourth-order valence-electron chi connectivity index (χ4n) is 3.96. The zero-order valence-corrected chi connectivity index (χ0v) is 19.1. The lowest BCUT2D eigenvalue weighted by atomic mass is 9.86. The third-order valence-corrected chi connectivity index (χ3v) is 8.26. The van der Waals surface area contributed by atoms with Crippen LogP contribution in [-0.2, 0) is 16.2 Å². The van der Waals surface area contributed by atoms with Crippen LogP contribution in [0.3, 0.4) is 0 Å². The second-order valence-electron chi connectivity index (χ2n) is 9.43. The Labute approximate surface area is 183 Å². The van der Waals surface area contributed by atoms with Crippen LogP contribution in [0.15, 0.2) is 30.5 Å². The smallest absolute Gasteiger partial charge is 0.385 e. The molecule has 174 valence electrons. The molecule has 0 radical (unpaired) electrons. The van der Waals surface area contributed by atoms with E-state index in [2.05, 4.69) is 10.0 Å². The summed E-state index contributed by atoms with van der Waals surface area (Å²) in [6.07, 6.45) is 3.00. The van der Waals surface area contributed by atoms with Gasteiger partial charge in [-0.2, -0.15) is 13.2 Å². The number of alkyl halides is 3. The number of nitrogens with one attached hydrogen (secondary N) is 2. The van der Waals surface area contributed by atoms with Gasteiger partial charge in [0, 0.05) is 31.0 Å². The standard InChI is InChI=1S/C22H32F3N3O2S/c1-21(2,3)31(29,30)27-17-8-6-16(7-9-17)15-26-18-10-11-20(28-12-4-5-13-28)19(14-18)22(23,24)25/h4,10-12,14,16-17,26-27H,5-9,13,15H2,1-3H3. The highest BCUT2D eigenvalue weighted by Crippen LogP contribution is 2.39. The van der Waals surface area contributed by atoms with Crippen molar-refractivity contribution in [3.63, 3.8) is 0 Å². The molecular formula is C22H32F3N3O2S. The van der Waals surface area contributed by atoms with E-state index in [1.54, 1.807) is 37.9 Å². The highest BCUT2D eigenvalue weighted by molar-refractivity contribution is 7.90. The first-order valence-corrected chi connectivity index (χ1v) is 12.3.